The minimum atomic E-state index is -3.86. The van der Waals surface area contributed by atoms with Gasteiger partial charge >= 0.3 is 10.2 Å². The third kappa shape index (κ3) is 4.88. The number of methoxy groups -OCH3 is 1. The summed E-state index contributed by atoms with van der Waals surface area (Å²) in [5, 5.41) is 4.53. The normalized spacial score (nSPS) is 12.5. The van der Waals surface area contributed by atoms with Crippen LogP contribution >= 0.6 is 0 Å². The van der Waals surface area contributed by atoms with Gasteiger partial charge in [-0.3, -0.25) is 4.40 Å². The molecule has 5 aromatic rings. The number of aromatic nitrogens is 8. The van der Waals surface area contributed by atoms with E-state index in [0.29, 0.717) is 35.3 Å². The van der Waals surface area contributed by atoms with E-state index < -0.39 is 20.0 Å². The Morgan fingerprint density at radius 1 is 1.00 bits per heavy atom. The van der Waals surface area contributed by atoms with Crippen LogP contribution in [0.2, 0.25) is 0 Å². The summed E-state index contributed by atoms with van der Waals surface area (Å²) in [6.45, 7) is 2.08. The third-order valence-corrected chi connectivity index (χ3v) is 8.62. The second-order valence-corrected chi connectivity index (χ2v) is 13.0. The van der Waals surface area contributed by atoms with Crippen molar-refractivity contribution in [1.82, 2.24) is 42.4 Å². The second-order valence-electron chi connectivity index (χ2n) is 8.91. The maximum Gasteiger partial charge on any atom is 0.308 e. The summed E-state index contributed by atoms with van der Waals surface area (Å²) >= 11 is 0. The van der Waals surface area contributed by atoms with Gasteiger partial charge in [0.05, 0.1) is 26.0 Å². The van der Waals surface area contributed by atoms with Gasteiger partial charge in [-0.2, -0.15) is 17.8 Å². The van der Waals surface area contributed by atoms with Gasteiger partial charge in [0.15, 0.2) is 15.7 Å². The fourth-order valence-corrected chi connectivity index (χ4v) is 5.21. The van der Waals surface area contributed by atoms with E-state index in [2.05, 4.69) is 25.0 Å². The van der Waals surface area contributed by atoms with E-state index in [9.17, 15) is 16.8 Å². The first-order valence-corrected chi connectivity index (χ1v) is 14.8. The molecule has 0 N–H and O–H groups in total. The van der Waals surface area contributed by atoms with E-state index in [-0.39, 0.29) is 16.4 Å². The third-order valence-electron chi connectivity index (χ3n) is 5.90. The highest BCUT2D eigenvalue weighted by Gasteiger charge is 2.26. The van der Waals surface area contributed by atoms with Crippen LogP contribution in [-0.4, -0.2) is 86.7 Å². The van der Waals surface area contributed by atoms with Gasteiger partial charge in [-0.05, 0) is 24.6 Å². The standard InChI is InChI=1S/C23H25N9O5S2/c1-15-26-22(32(28-15)11-16-6-8-17(37-4)9-7-16)20-21(19-13-30(14-25-19)39(35,36)29(2)3)31-12-18(38(5,33)34)10-24-23(31)27-20/h6-10,12-14H,11H2,1-5H3. The average molecular weight is 572 g/mol. The minimum absolute atomic E-state index is 0.0450. The number of hydrogen-bond donors (Lipinski definition) is 0. The van der Waals surface area contributed by atoms with Crippen molar-refractivity contribution in [2.24, 2.45) is 0 Å². The first-order valence-electron chi connectivity index (χ1n) is 11.5. The van der Waals surface area contributed by atoms with Crippen molar-refractivity contribution < 1.29 is 21.6 Å². The Labute approximate surface area is 224 Å². The topological polar surface area (TPSA) is 159 Å². The number of fused-ring (bicyclic) bond motifs is 1. The van der Waals surface area contributed by atoms with Crippen molar-refractivity contribution in [1.29, 1.82) is 0 Å². The number of imidazole rings is 2. The van der Waals surface area contributed by atoms with Crippen LogP contribution in [0.1, 0.15) is 11.4 Å². The van der Waals surface area contributed by atoms with Gasteiger partial charge in [0.25, 0.3) is 0 Å². The molecule has 0 amide bonds. The van der Waals surface area contributed by atoms with Crippen LogP contribution in [-0.2, 0) is 26.6 Å². The highest BCUT2D eigenvalue weighted by atomic mass is 32.2. The van der Waals surface area contributed by atoms with Gasteiger partial charge in [0, 0.05) is 26.5 Å². The van der Waals surface area contributed by atoms with Crippen molar-refractivity contribution in [3.05, 3.63) is 60.6 Å². The summed E-state index contributed by atoms with van der Waals surface area (Å²) in [4.78, 5) is 17.7. The average Bonchev–Trinajstić information content (AvgIpc) is 3.60. The Hall–Kier alpha value is -4.15. The molecule has 0 aliphatic carbocycles. The maximum atomic E-state index is 12.7. The van der Waals surface area contributed by atoms with Crippen LogP contribution in [0, 0.1) is 6.92 Å². The summed E-state index contributed by atoms with van der Waals surface area (Å²) < 4.78 is 60.4. The largest absolute Gasteiger partial charge is 0.497 e. The fourth-order valence-electron chi connectivity index (χ4n) is 3.90. The van der Waals surface area contributed by atoms with Gasteiger partial charge in [0.2, 0.25) is 5.78 Å². The van der Waals surface area contributed by atoms with Crippen LogP contribution in [0.15, 0.2) is 54.1 Å². The minimum Gasteiger partial charge on any atom is -0.497 e. The highest BCUT2D eigenvalue weighted by molar-refractivity contribution is 7.90. The summed E-state index contributed by atoms with van der Waals surface area (Å²) in [7, 11) is -3.07. The molecule has 0 atom stereocenters. The molecule has 0 saturated heterocycles. The zero-order valence-electron chi connectivity index (χ0n) is 21.7. The number of benzene rings is 1. The first-order chi connectivity index (χ1) is 18.4. The van der Waals surface area contributed by atoms with E-state index in [1.165, 1.54) is 37.1 Å². The van der Waals surface area contributed by atoms with Gasteiger partial charge in [-0.15, -0.1) is 0 Å². The van der Waals surface area contributed by atoms with Gasteiger partial charge in [-0.25, -0.2) is 37.0 Å². The van der Waals surface area contributed by atoms with Crippen molar-refractivity contribution in [2.45, 2.75) is 18.4 Å². The quantitative estimate of drug-likeness (QED) is 0.265. The zero-order chi connectivity index (χ0) is 28.1. The molecule has 0 spiro atoms. The summed E-state index contributed by atoms with van der Waals surface area (Å²) in [5.41, 5.74) is 1.74. The lowest BCUT2D eigenvalue weighted by atomic mass is 10.2. The molecule has 0 radical (unpaired) electrons. The maximum absolute atomic E-state index is 12.7. The predicted octanol–water partition coefficient (Wildman–Crippen LogP) is 1.27. The zero-order valence-corrected chi connectivity index (χ0v) is 23.3. The fraction of sp³-hybridized carbons (Fsp3) is 0.261. The predicted molar refractivity (Wildman–Crippen MR) is 141 cm³/mol. The van der Waals surface area contributed by atoms with E-state index in [4.69, 9.17) is 4.74 Å². The first kappa shape index (κ1) is 26.5. The van der Waals surface area contributed by atoms with E-state index >= 15 is 0 Å². The van der Waals surface area contributed by atoms with E-state index in [1.54, 1.807) is 18.7 Å². The molecular formula is C23H25N9O5S2. The van der Waals surface area contributed by atoms with Crippen LogP contribution in [0.5, 0.6) is 5.75 Å². The van der Waals surface area contributed by atoms with Gasteiger partial charge < -0.3 is 4.74 Å². The van der Waals surface area contributed by atoms with E-state index in [0.717, 1.165) is 26.4 Å². The van der Waals surface area contributed by atoms with Crippen LogP contribution in [0.3, 0.4) is 0 Å². The highest BCUT2D eigenvalue weighted by Crippen LogP contribution is 2.32. The number of ether oxygens (including phenoxy) is 1. The van der Waals surface area contributed by atoms with Crippen LogP contribution in [0.4, 0.5) is 0 Å². The molecule has 4 heterocycles. The lowest BCUT2D eigenvalue weighted by Gasteiger charge is -2.10. The molecule has 0 unspecified atom stereocenters. The molecule has 0 bridgehead atoms. The molecule has 0 fully saturated rings. The smallest absolute Gasteiger partial charge is 0.308 e. The van der Waals surface area contributed by atoms with Crippen molar-refractivity contribution in [3.63, 3.8) is 0 Å². The molecule has 16 heteroatoms. The van der Waals surface area contributed by atoms with Gasteiger partial charge in [-0.1, -0.05) is 12.1 Å². The van der Waals surface area contributed by atoms with Crippen LogP contribution < -0.4 is 4.74 Å². The molecule has 0 saturated carbocycles. The number of aryl methyl sites for hydroxylation is 1. The number of sulfone groups is 1. The van der Waals surface area contributed by atoms with Crippen molar-refractivity contribution >= 4 is 25.8 Å². The van der Waals surface area contributed by atoms with Gasteiger partial charge in [0.1, 0.15) is 39.9 Å². The second kappa shape index (κ2) is 9.55. The molecular weight excluding hydrogens is 546 g/mol. The Morgan fingerprint density at radius 3 is 2.36 bits per heavy atom. The Bertz CT molecular complexity index is 1900. The Morgan fingerprint density at radius 2 is 1.72 bits per heavy atom. The molecule has 39 heavy (non-hydrogen) atoms. The lowest BCUT2D eigenvalue weighted by Crippen LogP contribution is -2.27. The number of rotatable bonds is 8. The Kier molecular flexibility index (Phi) is 6.48. The molecule has 4 aromatic heterocycles. The summed E-state index contributed by atoms with van der Waals surface area (Å²) in [6, 6.07) is 7.48. The SMILES string of the molecule is COc1ccc(Cn2nc(C)nc2-c2nc3ncc(S(C)(=O)=O)cn3c2-c2cn(S(=O)(=O)N(C)C)cn2)cc1. The molecule has 5 rings (SSSR count). The van der Waals surface area contributed by atoms with Crippen molar-refractivity contribution in [2.75, 3.05) is 27.5 Å². The Balaban J connectivity index is 1.73. The number of nitrogens with zero attached hydrogens (tertiary/aromatic N) is 9. The number of hydrogen-bond acceptors (Lipinski definition) is 10. The monoisotopic (exact) mass is 571 g/mol. The van der Waals surface area contributed by atoms with Crippen molar-refractivity contribution in [3.8, 4) is 28.7 Å². The molecule has 0 aliphatic heterocycles. The molecule has 1 aromatic carbocycles. The molecule has 204 valence electrons. The lowest BCUT2D eigenvalue weighted by molar-refractivity contribution is 0.414. The van der Waals surface area contributed by atoms with E-state index in [1.807, 2.05) is 24.3 Å². The van der Waals surface area contributed by atoms with Crippen LogP contribution in [0.25, 0.3) is 28.7 Å². The summed E-state index contributed by atoms with van der Waals surface area (Å²) in [6.07, 6.45) is 6.15. The molecule has 0 aliphatic rings. The molecule has 14 nitrogen and oxygen atoms in total. The summed E-state index contributed by atoms with van der Waals surface area (Å²) in [5.74, 6) is 1.74.